The molecule has 1 aliphatic rings. The van der Waals surface area contributed by atoms with Crippen molar-refractivity contribution in [3.63, 3.8) is 0 Å². The molecule has 1 heteroatoms. The van der Waals surface area contributed by atoms with Crippen LogP contribution in [-0.2, 0) is 0 Å². The summed E-state index contributed by atoms with van der Waals surface area (Å²) in [6, 6.07) is 0. The Hall–Kier alpha value is -1.11. The second-order valence-electron chi connectivity index (χ2n) is 10.8. The van der Waals surface area contributed by atoms with Gasteiger partial charge in [0, 0.05) is 11.9 Å². The largest absolute Gasteiger partial charge is 0.261 e. The summed E-state index contributed by atoms with van der Waals surface area (Å²) in [5.41, 5.74) is 7.50. The van der Waals surface area contributed by atoms with Crippen molar-refractivity contribution in [2.45, 2.75) is 140 Å². The lowest BCUT2D eigenvalue weighted by molar-refractivity contribution is 0.244. The van der Waals surface area contributed by atoms with Crippen LogP contribution in [0.1, 0.15) is 140 Å². The van der Waals surface area contributed by atoms with Gasteiger partial charge in [-0.25, -0.2) is 0 Å². The number of hydrogen-bond acceptors (Lipinski definition) is 1. The molecule has 0 radical (unpaired) electrons. The third-order valence-electron chi connectivity index (χ3n) is 7.33. The summed E-state index contributed by atoms with van der Waals surface area (Å²) in [6.45, 7) is 24.9. The van der Waals surface area contributed by atoms with Gasteiger partial charge in [0.05, 0.1) is 0 Å². The molecular formula is C31H57N. The monoisotopic (exact) mass is 443 g/mol. The molecule has 0 saturated carbocycles. The van der Waals surface area contributed by atoms with Crippen LogP contribution in [0.25, 0.3) is 0 Å². The molecule has 0 aliphatic heterocycles. The quantitative estimate of drug-likeness (QED) is 0.210. The second-order valence-corrected chi connectivity index (χ2v) is 10.8. The molecule has 0 saturated heterocycles. The number of allylic oxidation sites excluding steroid dienone is 5. The zero-order valence-corrected chi connectivity index (χ0v) is 23.8. The van der Waals surface area contributed by atoms with Crippen molar-refractivity contribution >= 4 is 5.71 Å². The maximum atomic E-state index is 4.62. The first-order valence-electron chi connectivity index (χ1n) is 13.7. The first-order chi connectivity index (χ1) is 15.1. The first-order valence-corrected chi connectivity index (χ1v) is 13.7. The van der Waals surface area contributed by atoms with Crippen LogP contribution in [0.2, 0.25) is 0 Å². The highest BCUT2D eigenvalue weighted by molar-refractivity contribution is 6.03. The molecule has 0 aromatic carbocycles. The lowest BCUT2D eigenvalue weighted by Crippen LogP contribution is -2.14. The molecule has 0 bridgehead atoms. The fourth-order valence-electron chi connectivity index (χ4n) is 4.63. The molecule has 1 rings (SSSR count). The third-order valence-corrected chi connectivity index (χ3v) is 7.33. The van der Waals surface area contributed by atoms with Crippen LogP contribution in [0.5, 0.6) is 0 Å². The lowest BCUT2D eigenvalue weighted by atomic mass is 9.78. The number of nitrogens with zero attached hydrogens (tertiary/aromatic N) is 1. The van der Waals surface area contributed by atoms with Gasteiger partial charge in [0.15, 0.2) is 0 Å². The van der Waals surface area contributed by atoms with Gasteiger partial charge in [-0.3, -0.25) is 4.99 Å². The van der Waals surface area contributed by atoms with Gasteiger partial charge in [-0.15, -0.1) is 0 Å². The molecule has 0 aromatic heterocycles. The molecule has 2 unspecified atom stereocenters. The van der Waals surface area contributed by atoms with Crippen molar-refractivity contribution in [3.05, 3.63) is 34.6 Å². The van der Waals surface area contributed by atoms with Crippen LogP contribution in [0.15, 0.2) is 39.6 Å². The van der Waals surface area contributed by atoms with Crippen molar-refractivity contribution in [1.29, 1.82) is 0 Å². The smallest absolute Gasteiger partial charge is 0.0444 e. The Morgan fingerprint density at radius 2 is 1.50 bits per heavy atom. The van der Waals surface area contributed by atoms with E-state index in [0.29, 0.717) is 17.3 Å². The summed E-state index contributed by atoms with van der Waals surface area (Å²) in [6.07, 6.45) is 18.0. The van der Waals surface area contributed by atoms with E-state index in [-0.39, 0.29) is 0 Å². The Kier molecular flexibility index (Phi) is 15.9. The summed E-state index contributed by atoms with van der Waals surface area (Å²) < 4.78 is 0. The Bertz CT molecular complexity index is 641. The van der Waals surface area contributed by atoms with E-state index in [4.69, 9.17) is 0 Å². The van der Waals surface area contributed by atoms with E-state index in [1.807, 2.05) is 6.20 Å². The average Bonchev–Trinajstić information content (AvgIpc) is 3.06. The fourth-order valence-corrected chi connectivity index (χ4v) is 4.63. The second kappa shape index (κ2) is 16.5. The molecule has 1 aliphatic carbocycles. The van der Waals surface area contributed by atoms with E-state index in [0.717, 1.165) is 5.71 Å². The molecule has 32 heavy (non-hydrogen) atoms. The minimum Gasteiger partial charge on any atom is -0.261 e. The van der Waals surface area contributed by atoms with Crippen molar-refractivity contribution in [3.8, 4) is 0 Å². The van der Waals surface area contributed by atoms with Gasteiger partial charge in [0.25, 0.3) is 0 Å². The predicted octanol–water partition coefficient (Wildman–Crippen LogP) is 10.9. The minimum atomic E-state index is 0.619. The third kappa shape index (κ3) is 11.2. The van der Waals surface area contributed by atoms with Crippen LogP contribution >= 0.6 is 0 Å². The summed E-state index contributed by atoms with van der Waals surface area (Å²) >= 11 is 0. The first kappa shape index (κ1) is 30.9. The zero-order chi connectivity index (χ0) is 24.7. The minimum absolute atomic E-state index is 0.619. The average molecular weight is 444 g/mol. The van der Waals surface area contributed by atoms with E-state index in [9.17, 15) is 0 Å². The number of unbranched alkanes of at least 4 members (excludes halogenated alkanes) is 3. The molecule has 0 heterocycles. The number of aliphatic imine (C=N–C) groups is 1. The molecule has 0 spiro atoms. The summed E-state index contributed by atoms with van der Waals surface area (Å²) in [4.78, 5) is 4.62. The van der Waals surface area contributed by atoms with Gasteiger partial charge in [0.2, 0.25) is 0 Å². The molecule has 186 valence electrons. The van der Waals surface area contributed by atoms with E-state index < -0.39 is 0 Å². The fraction of sp³-hybridized carbons (Fsp3) is 0.774. The van der Waals surface area contributed by atoms with Crippen LogP contribution in [0.3, 0.4) is 0 Å². The van der Waals surface area contributed by atoms with Crippen molar-refractivity contribution in [1.82, 2.24) is 0 Å². The number of hydrogen-bond donors (Lipinski definition) is 0. The van der Waals surface area contributed by atoms with E-state index in [1.54, 1.807) is 0 Å². The van der Waals surface area contributed by atoms with Gasteiger partial charge in [-0.2, -0.15) is 0 Å². The molecule has 0 amide bonds. The zero-order valence-electron chi connectivity index (χ0n) is 23.8. The Labute approximate surface area is 203 Å². The normalized spacial score (nSPS) is 22.0. The summed E-state index contributed by atoms with van der Waals surface area (Å²) in [7, 11) is 0. The molecule has 3 atom stereocenters. The molecule has 1 nitrogen and oxygen atoms in total. The maximum Gasteiger partial charge on any atom is 0.0444 e. The van der Waals surface area contributed by atoms with Gasteiger partial charge in [0.1, 0.15) is 0 Å². The van der Waals surface area contributed by atoms with E-state index >= 15 is 0 Å². The van der Waals surface area contributed by atoms with Crippen LogP contribution in [0.4, 0.5) is 0 Å². The SMILES string of the molecule is CCC/C(C)=C1/C(C(C)=NC=C(C)C)=C[C@@H](C)C1C.CCCCCC(C)(CC)CCCC. The molecule has 0 aromatic rings. The topological polar surface area (TPSA) is 12.4 Å². The predicted molar refractivity (Wildman–Crippen MR) is 149 cm³/mol. The van der Waals surface area contributed by atoms with Crippen LogP contribution in [-0.4, -0.2) is 5.71 Å². The lowest BCUT2D eigenvalue weighted by Gasteiger charge is -2.28. The van der Waals surface area contributed by atoms with Crippen LogP contribution < -0.4 is 0 Å². The van der Waals surface area contributed by atoms with Crippen molar-refractivity contribution in [2.75, 3.05) is 0 Å². The highest BCUT2D eigenvalue weighted by Crippen LogP contribution is 2.39. The van der Waals surface area contributed by atoms with Crippen LogP contribution in [0, 0.1) is 17.3 Å². The van der Waals surface area contributed by atoms with E-state index in [2.05, 4.69) is 87.2 Å². The Morgan fingerprint density at radius 1 is 0.906 bits per heavy atom. The van der Waals surface area contributed by atoms with Crippen molar-refractivity contribution < 1.29 is 0 Å². The van der Waals surface area contributed by atoms with Gasteiger partial charge >= 0.3 is 0 Å². The van der Waals surface area contributed by atoms with Gasteiger partial charge in [-0.05, 0) is 75.4 Å². The summed E-state index contributed by atoms with van der Waals surface area (Å²) in [5.74, 6) is 1.24. The molecule has 0 N–H and O–H groups in total. The highest BCUT2D eigenvalue weighted by atomic mass is 14.7. The standard InChI is InChI=1S/C18H29N.C13H28/c1-8-9-13(4)18-15(6)14(5)10-17(18)16(7)19-11-12(2)3;1-5-8-10-12-13(4,7-3)11-9-6-2/h10-11,14-15H,8-9H2,1-7H3;5-12H2,1-4H3/b18-13+,19-16?;/t14-,15?;/m1./s1. The highest BCUT2D eigenvalue weighted by Gasteiger charge is 2.28. The molecular weight excluding hydrogens is 386 g/mol. The van der Waals surface area contributed by atoms with E-state index in [1.165, 1.54) is 86.5 Å². The number of rotatable bonds is 12. The van der Waals surface area contributed by atoms with Gasteiger partial charge < -0.3 is 0 Å². The van der Waals surface area contributed by atoms with Gasteiger partial charge in [-0.1, -0.05) is 111 Å². The Morgan fingerprint density at radius 3 is 2.00 bits per heavy atom. The van der Waals surface area contributed by atoms with Crippen molar-refractivity contribution in [2.24, 2.45) is 22.2 Å². The Balaban J connectivity index is 0.000000649. The maximum absolute atomic E-state index is 4.62. The summed E-state index contributed by atoms with van der Waals surface area (Å²) in [5, 5.41) is 0. The molecule has 0 fully saturated rings.